The Morgan fingerprint density at radius 1 is 1.11 bits per heavy atom. The minimum Gasteiger partial charge on any atom is -0.384 e. The first-order chi connectivity index (χ1) is 12.9. The van der Waals surface area contributed by atoms with E-state index in [2.05, 4.69) is 21.0 Å². The molecule has 0 bridgehead atoms. The van der Waals surface area contributed by atoms with E-state index in [1.807, 2.05) is 48.0 Å². The van der Waals surface area contributed by atoms with Crippen molar-refractivity contribution in [2.75, 3.05) is 0 Å². The highest BCUT2D eigenvalue weighted by Gasteiger charge is 2.23. The zero-order valence-corrected chi connectivity index (χ0v) is 15.2. The fourth-order valence-electron chi connectivity index (χ4n) is 2.91. The van der Waals surface area contributed by atoms with Crippen LogP contribution in [0.5, 0.6) is 0 Å². The van der Waals surface area contributed by atoms with E-state index in [4.69, 9.17) is 0 Å². The summed E-state index contributed by atoms with van der Waals surface area (Å²) < 4.78 is 3.60. The standard InChI is InChI=1S/C20H18N6O/c1-13-5-4-6-16(23-13)19-24-17(20(2,3)27)12-26(19)14-7-8-18-22-10-15(9-21)25(18)11-14/h4-8,10-12,27H,1-3H3. The number of imidazole rings is 2. The van der Waals surface area contributed by atoms with Crippen LogP contribution in [0.1, 0.15) is 30.9 Å². The molecule has 0 radical (unpaired) electrons. The Kier molecular flexibility index (Phi) is 3.79. The van der Waals surface area contributed by atoms with Gasteiger partial charge < -0.3 is 5.11 Å². The third kappa shape index (κ3) is 2.96. The van der Waals surface area contributed by atoms with Gasteiger partial charge >= 0.3 is 0 Å². The van der Waals surface area contributed by atoms with Crippen LogP contribution in [0.25, 0.3) is 22.9 Å². The van der Waals surface area contributed by atoms with Crippen LogP contribution in [-0.4, -0.2) is 29.0 Å². The molecule has 4 aromatic rings. The molecule has 1 N–H and O–H groups in total. The van der Waals surface area contributed by atoms with Crippen LogP contribution < -0.4 is 0 Å². The van der Waals surface area contributed by atoms with Gasteiger partial charge in [-0.15, -0.1) is 0 Å². The molecule has 0 fully saturated rings. The molecule has 0 atom stereocenters. The van der Waals surface area contributed by atoms with Crippen molar-refractivity contribution in [2.24, 2.45) is 0 Å². The lowest BCUT2D eigenvalue weighted by Crippen LogP contribution is -2.15. The van der Waals surface area contributed by atoms with E-state index in [1.54, 1.807) is 24.4 Å². The van der Waals surface area contributed by atoms with E-state index in [9.17, 15) is 10.4 Å². The molecule has 4 heterocycles. The highest BCUT2D eigenvalue weighted by atomic mass is 16.3. The predicted molar refractivity (Wildman–Crippen MR) is 100 cm³/mol. The third-order valence-electron chi connectivity index (χ3n) is 4.33. The van der Waals surface area contributed by atoms with Crippen LogP contribution in [0.15, 0.2) is 48.9 Å². The number of rotatable bonds is 3. The number of aliphatic hydroxyl groups is 1. The molecule has 4 rings (SSSR count). The molecular formula is C20H18N6O. The molecule has 0 unspecified atom stereocenters. The van der Waals surface area contributed by atoms with Gasteiger partial charge in [0.05, 0.1) is 17.6 Å². The van der Waals surface area contributed by atoms with Gasteiger partial charge in [-0.05, 0) is 45.0 Å². The number of fused-ring (bicyclic) bond motifs is 1. The molecule has 0 aromatic carbocycles. The first-order valence-electron chi connectivity index (χ1n) is 8.50. The van der Waals surface area contributed by atoms with Crippen molar-refractivity contribution in [3.05, 3.63) is 66.0 Å². The Hall–Kier alpha value is -3.50. The molecule has 0 spiro atoms. The van der Waals surface area contributed by atoms with Crippen molar-refractivity contribution in [1.82, 2.24) is 23.9 Å². The Morgan fingerprint density at radius 2 is 1.93 bits per heavy atom. The number of nitrogens with zero attached hydrogens (tertiary/aromatic N) is 6. The van der Waals surface area contributed by atoms with Gasteiger partial charge in [-0.25, -0.2) is 15.0 Å². The predicted octanol–water partition coefficient (Wildman–Crippen LogP) is 2.99. The summed E-state index contributed by atoms with van der Waals surface area (Å²) in [7, 11) is 0. The van der Waals surface area contributed by atoms with Crippen molar-refractivity contribution >= 4 is 5.65 Å². The van der Waals surface area contributed by atoms with Crippen molar-refractivity contribution in [3.8, 4) is 23.3 Å². The average Bonchev–Trinajstić information content (AvgIpc) is 3.25. The van der Waals surface area contributed by atoms with E-state index >= 15 is 0 Å². The molecular weight excluding hydrogens is 340 g/mol. The Morgan fingerprint density at radius 3 is 2.63 bits per heavy atom. The first kappa shape index (κ1) is 16.9. The monoisotopic (exact) mass is 358 g/mol. The minimum atomic E-state index is -1.10. The van der Waals surface area contributed by atoms with Gasteiger partial charge in [-0.3, -0.25) is 8.97 Å². The van der Waals surface area contributed by atoms with E-state index in [0.717, 1.165) is 11.4 Å². The molecule has 0 aliphatic rings. The van der Waals surface area contributed by atoms with Crippen LogP contribution >= 0.6 is 0 Å². The van der Waals surface area contributed by atoms with Gasteiger partial charge in [0.15, 0.2) is 5.82 Å². The highest BCUT2D eigenvalue weighted by Crippen LogP contribution is 2.27. The number of nitriles is 1. The van der Waals surface area contributed by atoms with Crippen LogP contribution in [0, 0.1) is 18.3 Å². The largest absolute Gasteiger partial charge is 0.384 e. The van der Waals surface area contributed by atoms with Gasteiger partial charge in [0, 0.05) is 18.1 Å². The molecule has 0 saturated carbocycles. The third-order valence-corrected chi connectivity index (χ3v) is 4.33. The van der Waals surface area contributed by atoms with Crippen molar-refractivity contribution in [1.29, 1.82) is 5.26 Å². The number of hydrogen-bond acceptors (Lipinski definition) is 5. The maximum atomic E-state index is 10.4. The van der Waals surface area contributed by atoms with Crippen LogP contribution in [0.4, 0.5) is 0 Å². The number of aryl methyl sites for hydroxylation is 1. The number of pyridine rings is 2. The Balaban J connectivity index is 1.96. The van der Waals surface area contributed by atoms with Crippen molar-refractivity contribution < 1.29 is 5.11 Å². The van der Waals surface area contributed by atoms with Gasteiger partial charge in [0.1, 0.15) is 28.7 Å². The van der Waals surface area contributed by atoms with Crippen LogP contribution in [0.3, 0.4) is 0 Å². The van der Waals surface area contributed by atoms with Gasteiger partial charge in [-0.2, -0.15) is 5.26 Å². The smallest absolute Gasteiger partial charge is 0.163 e. The summed E-state index contributed by atoms with van der Waals surface area (Å²) in [6.45, 7) is 5.31. The summed E-state index contributed by atoms with van der Waals surface area (Å²) in [5.41, 5.74) is 2.95. The zero-order chi connectivity index (χ0) is 19.2. The fourth-order valence-corrected chi connectivity index (χ4v) is 2.91. The Labute approximate surface area is 156 Å². The van der Waals surface area contributed by atoms with E-state index in [1.165, 1.54) is 6.20 Å². The molecule has 7 nitrogen and oxygen atoms in total. The van der Waals surface area contributed by atoms with Crippen LogP contribution in [-0.2, 0) is 5.60 Å². The molecule has 4 aromatic heterocycles. The van der Waals surface area contributed by atoms with Crippen molar-refractivity contribution in [3.63, 3.8) is 0 Å². The summed E-state index contributed by atoms with van der Waals surface area (Å²) in [4.78, 5) is 13.4. The molecule has 0 saturated heterocycles. The second-order valence-electron chi connectivity index (χ2n) is 6.91. The second-order valence-corrected chi connectivity index (χ2v) is 6.91. The first-order valence-corrected chi connectivity index (χ1v) is 8.50. The second kappa shape index (κ2) is 6.04. The molecule has 27 heavy (non-hydrogen) atoms. The summed E-state index contributed by atoms with van der Waals surface area (Å²) in [6, 6.07) is 11.6. The summed E-state index contributed by atoms with van der Waals surface area (Å²) in [5, 5.41) is 19.7. The molecule has 0 aliphatic carbocycles. The van der Waals surface area contributed by atoms with E-state index < -0.39 is 5.60 Å². The highest BCUT2D eigenvalue weighted by molar-refractivity contribution is 5.57. The lowest BCUT2D eigenvalue weighted by molar-refractivity contribution is 0.0743. The van der Waals surface area contributed by atoms with Gasteiger partial charge in [-0.1, -0.05) is 6.07 Å². The van der Waals surface area contributed by atoms with E-state index in [-0.39, 0.29) is 0 Å². The molecule has 7 heteroatoms. The average molecular weight is 358 g/mol. The van der Waals surface area contributed by atoms with E-state index in [0.29, 0.717) is 28.6 Å². The summed E-state index contributed by atoms with van der Waals surface area (Å²) in [6.07, 6.45) is 5.16. The van der Waals surface area contributed by atoms with Gasteiger partial charge in [0.25, 0.3) is 0 Å². The number of hydrogen-bond donors (Lipinski definition) is 1. The SMILES string of the molecule is Cc1cccc(-c2nc(C(C)(C)O)cn2-c2ccc3ncc(C#N)n3c2)n1. The quantitative estimate of drug-likeness (QED) is 0.608. The van der Waals surface area contributed by atoms with Gasteiger partial charge in [0.2, 0.25) is 0 Å². The normalized spacial score (nSPS) is 11.7. The minimum absolute atomic E-state index is 0.449. The number of aromatic nitrogens is 5. The lowest BCUT2D eigenvalue weighted by Gasteiger charge is -2.12. The van der Waals surface area contributed by atoms with Crippen LogP contribution in [0.2, 0.25) is 0 Å². The fraction of sp³-hybridized carbons (Fsp3) is 0.200. The summed E-state index contributed by atoms with van der Waals surface area (Å²) in [5.74, 6) is 0.619. The molecule has 0 amide bonds. The topological polar surface area (TPSA) is 92.0 Å². The van der Waals surface area contributed by atoms with Crippen molar-refractivity contribution in [2.45, 2.75) is 26.4 Å². The maximum Gasteiger partial charge on any atom is 0.163 e. The summed E-state index contributed by atoms with van der Waals surface area (Å²) >= 11 is 0. The molecule has 134 valence electrons. The maximum absolute atomic E-state index is 10.4. The molecule has 0 aliphatic heterocycles. The zero-order valence-electron chi connectivity index (χ0n) is 15.2. The lowest BCUT2D eigenvalue weighted by atomic mass is 10.1. The Bertz CT molecular complexity index is 1190.